The number of aliphatic hydroxyl groups excluding tert-OH is 1. The SMILES string of the molecule is O=C(N[C@H](CO)Cc1ccccc1)c1ccc(F)cc1Cl. The lowest BCUT2D eigenvalue weighted by Gasteiger charge is -2.17. The molecule has 0 aliphatic rings. The highest BCUT2D eigenvalue weighted by Crippen LogP contribution is 2.17. The minimum atomic E-state index is -0.500. The summed E-state index contributed by atoms with van der Waals surface area (Å²) in [5, 5.41) is 12.1. The molecule has 0 aromatic heterocycles. The van der Waals surface area contributed by atoms with Crippen molar-refractivity contribution in [3.8, 4) is 0 Å². The van der Waals surface area contributed by atoms with Gasteiger partial charge >= 0.3 is 0 Å². The summed E-state index contributed by atoms with van der Waals surface area (Å²) in [4.78, 5) is 12.1. The Labute approximate surface area is 127 Å². The van der Waals surface area contributed by atoms with Gasteiger partial charge in [0, 0.05) is 0 Å². The zero-order valence-electron chi connectivity index (χ0n) is 11.2. The van der Waals surface area contributed by atoms with Crippen molar-refractivity contribution in [3.05, 3.63) is 70.5 Å². The first kappa shape index (κ1) is 15.5. The third-order valence-electron chi connectivity index (χ3n) is 3.06. The first-order chi connectivity index (χ1) is 10.1. The largest absolute Gasteiger partial charge is 0.394 e. The molecule has 0 aliphatic carbocycles. The first-order valence-electron chi connectivity index (χ1n) is 6.51. The third kappa shape index (κ3) is 4.28. The molecule has 3 nitrogen and oxygen atoms in total. The highest BCUT2D eigenvalue weighted by atomic mass is 35.5. The first-order valence-corrected chi connectivity index (χ1v) is 6.88. The Balaban J connectivity index is 2.06. The lowest BCUT2D eigenvalue weighted by molar-refractivity contribution is 0.0916. The van der Waals surface area contributed by atoms with E-state index >= 15 is 0 Å². The summed E-state index contributed by atoms with van der Waals surface area (Å²) in [6.07, 6.45) is 0.502. The number of benzene rings is 2. The van der Waals surface area contributed by atoms with E-state index in [1.165, 1.54) is 12.1 Å². The van der Waals surface area contributed by atoms with Crippen molar-refractivity contribution < 1.29 is 14.3 Å². The van der Waals surface area contributed by atoms with Crippen LogP contribution in [0.4, 0.5) is 4.39 Å². The predicted molar refractivity (Wildman–Crippen MR) is 79.9 cm³/mol. The van der Waals surface area contributed by atoms with Gasteiger partial charge in [0.15, 0.2) is 0 Å². The minimum Gasteiger partial charge on any atom is -0.394 e. The van der Waals surface area contributed by atoms with E-state index in [0.717, 1.165) is 11.6 Å². The van der Waals surface area contributed by atoms with Crippen LogP contribution in [0.5, 0.6) is 0 Å². The molecule has 2 N–H and O–H groups in total. The number of nitrogens with one attached hydrogen (secondary N) is 1. The van der Waals surface area contributed by atoms with E-state index in [9.17, 15) is 14.3 Å². The minimum absolute atomic E-state index is 0.0453. The van der Waals surface area contributed by atoms with Crippen molar-refractivity contribution in [1.82, 2.24) is 5.32 Å². The van der Waals surface area contributed by atoms with E-state index in [1.54, 1.807) is 0 Å². The van der Waals surface area contributed by atoms with Gasteiger partial charge in [0.1, 0.15) is 5.82 Å². The maximum absolute atomic E-state index is 13.0. The molecule has 1 atom stereocenters. The van der Waals surface area contributed by atoms with E-state index in [-0.39, 0.29) is 17.2 Å². The quantitative estimate of drug-likeness (QED) is 0.892. The van der Waals surface area contributed by atoms with Crippen LogP contribution in [0, 0.1) is 5.82 Å². The molecule has 0 bridgehead atoms. The molecule has 0 saturated carbocycles. The fraction of sp³-hybridized carbons (Fsp3) is 0.188. The average molecular weight is 308 g/mol. The summed E-state index contributed by atoms with van der Waals surface area (Å²) in [6, 6.07) is 12.7. The summed E-state index contributed by atoms with van der Waals surface area (Å²) in [6.45, 7) is -0.195. The van der Waals surface area contributed by atoms with Crippen molar-refractivity contribution in [3.63, 3.8) is 0 Å². The van der Waals surface area contributed by atoms with Crippen LogP contribution in [0.3, 0.4) is 0 Å². The molecular formula is C16H15ClFNO2. The fourth-order valence-electron chi connectivity index (χ4n) is 2.00. The van der Waals surface area contributed by atoms with Crippen molar-refractivity contribution in [2.24, 2.45) is 0 Å². The number of carbonyl (C=O) groups is 1. The summed E-state index contributed by atoms with van der Waals surface area (Å²) in [5.74, 6) is -0.936. The molecule has 2 rings (SSSR count). The number of hydrogen-bond donors (Lipinski definition) is 2. The summed E-state index contributed by atoms with van der Waals surface area (Å²) < 4.78 is 13.0. The molecule has 0 fully saturated rings. The molecular weight excluding hydrogens is 293 g/mol. The summed E-state index contributed by atoms with van der Waals surface area (Å²) in [7, 11) is 0. The highest BCUT2D eigenvalue weighted by molar-refractivity contribution is 6.33. The predicted octanol–water partition coefficient (Wildman–Crippen LogP) is 2.81. The molecule has 0 aliphatic heterocycles. The Kier molecular flexibility index (Phi) is 5.31. The van der Waals surface area contributed by atoms with Crippen molar-refractivity contribution in [1.29, 1.82) is 0 Å². The van der Waals surface area contributed by atoms with Gasteiger partial charge in [-0.1, -0.05) is 41.9 Å². The van der Waals surface area contributed by atoms with Crippen LogP contribution in [0.25, 0.3) is 0 Å². The Morgan fingerprint density at radius 3 is 2.57 bits per heavy atom. The number of rotatable bonds is 5. The van der Waals surface area contributed by atoms with E-state index in [1.807, 2.05) is 30.3 Å². The number of hydrogen-bond acceptors (Lipinski definition) is 2. The molecule has 0 heterocycles. The van der Waals surface area contributed by atoms with Crippen LogP contribution in [0.2, 0.25) is 5.02 Å². The lowest BCUT2D eigenvalue weighted by atomic mass is 10.1. The third-order valence-corrected chi connectivity index (χ3v) is 3.37. The molecule has 0 saturated heterocycles. The highest BCUT2D eigenvalue weighted by Gasteiger charge is 2.16. The van der Waals surface area contributed by atoms with E-state index in [2.05, 4.69) is 5.32 Å². The molecule has 21 heavy (non-hydrogen) atoms. The van der Waals surface area contributed by atoms with Gasteiger partial charge in [-0.05, 0) is 30.2 Å². The van der Waals surface area contributed by atoms with Gasteiger partial charge in [-0.3, -0.25) is 4.79 Å². The van der Waals surface area contributed by atoms with E-state index < -0.39 is 17.8 Å². The van der Waals surface area contributed by atoms with Gasteiger partial charge in [-0.15, -0.1) is 0 Å². The second kappa shape index (κ2) is 7.20. The molecule has 5 heteroatoms. The number of aliphatic hydroxyl groups is 1. The molecule has 110 valence electrons. The second-order valence-corrected chi connectivity index (χ2v) is 5.07. The Bertz CT molecular complexity index is 619. The van der Waals surface area contributed by atoms with Gasteiger partial charge in [0.25, 0.3) is 5.91 Å². The van der Waals surface area contributed by atoms with Crippen molar-refractivity contribution >= 4 is 17.5 Å². The molecule has 1 amide bonds. The van der Waals surface area contributed by atoms with Gasteiger partial charge in [-0.25, -0.2) is 4.39 Å². The number of carbonyl (C=O) groups excluding carboxylic acids is 1. The second-order valence-electron chi connectivity index (χ2n) is 4.67. The van der Waals surface area contributed by atoms with Crippen LogP contribution < -0.4 is 5.32 Å². The Morgan fingerprint density at radius 2 is 1.95 bits per heavy atom. The van der Waals surface area contributed by atoms with Crippen LogP contribution >= 0.6 is 11.6 Å². The smallest absolute Gasteiger partial charge is 0.253 e. The van der Waals surface area contributed by atoms with Gasteiger partial charge in [0.2, 0.25) is 0 Å². The number of amides is 1. The fourth-order valence-corrected chi connectivity index (χ4v) is 2.25. The maximum Gasteiger partial charge on any atom is 0.253 e. The number of halogens is 2. The Hall–Kier alpha value is -1.91. The zero-order chi connectivity index (χ0) is 15.2. The van der Waals surface area contributed by atoms with Crippen molar-refractivity contribution in [2.75, 3.05) is 6.61 Å². The standard InChI is InChI=1S/C16H15ClFNO2/c17-15-9-12(18)6-7-14(15)16(21)19-13(10-20)8-11-4-2-1-3-5-11/h1-7,9,13,20H,8,10H2,(H,19,21)/t13-/m0/s1. The molecule has 2 aromatic carbocycles. The average Bonchev–Trinajstić information content (AvgIpc) is 2.47. The summed E-state index contributed by atoms with van der Waals surface area (Å²) in [5.41, 5.74) is 1.19. The molecule has 2 aromatic rings. The van der Waals surface area contributed by atoms with Gasteiger partial charge in [0.05, 0.1) is 23.2 Å². The van der Waals surface area contributed by atoms with Crippen LogP contribution in [0.1, 0.15) is 15.9 Å². The van der Waals surface area contributed by atoms with Crippen molar-refractivity contribution in [2.45, 2.75) is 12.5 Å². The molecule has 0 unspecified atom stereocenters. The lowest BCUT2D eigenvalue weighted by Crippen LogP contribution is -2.39. The molecule has 0 spiro atoms. The van der Waals surface area contributed by atoms with E-state index in [4.69, 9.17) is 11.6 Å². The van der Waals surface area contributed by atoms with Gasteiger partial charge in [-0.2, -0.15) is 0 Å². The zero-order valence-corrected chi connectivity index (χ0v) is 12.0. The van der Waals surface area contributed by atoms with Crippen LogP contribution in [-0.4, -0.2) is 23.7 Å². The van der Waals surface area contributed by atoms with E-state index in [0.29, 0.717) is 6.42 Å². The van der Waals surface area contributed by atoms with Gasteiger partial charge < -0.3 is 10.4 Å². The topological polar surface area (TPSA) is 49.3 Å². The Morgan fingerprint density at radius 1 is 1.24 bits per heavy atom. The van der Waals surface area contributed by atoms with Crippen LogP contribution in [-0.2, 0) is 6.42 Å². The summed E-state index contributed by atoms with van der Waals surface area (Å²) >= 11 is 5.85. The monoisotopic (exact) mass is 307 g/mol. The normalized spacial score (nSPS) is 12.0. The maximum atomic E-state index is 13.0. The molecule has 0 radical (unpaired) electrons. The van der Waals surface area contributed by atoms with Crippen LogP contribution in [0.15, 0.2) is 48.5 Å².